The van der Waals surface area contributed by atoms with E-state index in [2.05, 4.69) is 10.6 Å². The highest BCUT2D eigenvalue weighted by molar-refractivity contribution is 7.87. The van der Waals surface area contributed by atoms with E-state index in [0.717, 1.165) is 0 Å². The first-order valence-corrected chi connectivity index (χ1v) is 15.0. The van der Waals surface area contributed by atoms with Crippen LogP contribution in [0.15, 0.2) is 94.7 Å². The fraction of sp³-hybridized carbons (Fsp3) is 0.138. The number of anilines is 2. The summed E-state index contributed by atoms with van der Waals surface area (Å²) in [4.78, 5) is 12.8. The number of nitrogens with one attached hydrogen (secondary N) is 2. The fourth-order valence-electron chi connectivity index (χ4n) is 4.24. The third-order valence-corrected chi connectivity index (χ3v) is 9.05. The zero-order valence-corrected chi connectivity index (χ0v) is 23.9. The summed E-state index contributed by atoms with van der Waals surface area (Å²) < 4.78 is 61.9. The van der Waals surface area contributed by atoms with Crippen LogP contribution in [0.5, 0.6) is 11.5 Å². The van der Waals surface area contributed by atoms with Gasteiger partial charge in [-0.2, -0.15) is 16.8 Å². The van der Waals surface area contributed by atoms with Crippen molar-refractivity contribution in [1.29, 1.82) is 0 Å². The lowest BCUT2D eigenvalue weighted by atomic mass is 10.2. The summed E-state index contributed by atoms with van der Waals surface area (Å²) >= 11 is 0. The number of amides is 2. The highest BCUT2D eigenvalue weighted by Gasteiger charge is 2.23. The van der Waals surface area contributed by atoms with Crippen LogP contribution in [0.4, 0.5) is 16.2 Å². The minimum absolute atomic E-state index is 0.0343. The van der Waals surface area contributed by atoms with Crippen LogP contribution in [0.25, 0.3) is 0 Å². The largest absolute Gasteiger partial charge is 0.379 e. The van der Waals surface area contributed by atoms with Gasteiger partial charge in [0.25, 0.3) is 0 Å². The number of carbonyl (C=O) groups excluding carboxylic acids is 1. The van der Waals surface area contributed by atoms with Gasteiger partial charge in [-0.3, -0.25) is 0 Å². The number of hydrogen-bond acceptors (Lipinski definition) is 7. The van der Waals surface area contributed by atoms with Crippen molar-refractivity contribution in [3.05, 3.63) is 107 Å². The van der Waals surface area contributed by atoms with E-state index in [-0.39, 0.29) is 21.3 Å². The van der Waals surface area contributed by atoms with Crippen molar-refractivity contribution < 1.29 is 30.0 Å². The molecule has 0 unspecified atom stereocenters. The molecule has 2 amide bonds. The summed E-state index contributed by atoms with van der Waals surface area (Å²) in [6.45, 7) is 6.77. The van der Waals surface area contributed by atoms with Gasteiger partial charge in [-0.05, 0) is 86.3 Å². The Kier molecular flexibility index (Phi) is 8.17. The molecule has 0 aliphatic heterocycles. The average molecular weight is 581 g/mol. The molecule has 2 N–H and O–H groups in total. The second kappa shape index (κ2) is 11.4. The van der Waals surface area contributed by atoms with Crippen molar-refractivity contribution in [2.45, 2.75) is 37.5 Å². The molecule has 0 saturated carbocycles. The molecule has 4 aromatic carbocycles. The maximum absolute atomic E-state index is 12.9. The van der Waals surface area contributed by atoms with Gasteiger partial charge in [-0.25, -0.2) is 4.79 Å². The third-order valence-electron chi connectivity index (χ3n) is 5.93. The lowest BCUT2D eigenvalue weighted by Crippen LogP contribution is -2.19. The molecule has 0 heterocycles. The molecule has 208 valence electrons. The predicted octanol–water partition coefficient (Wildman–Crippen LogP) is 6.10. The van der Waals surface area contributed by atoms with Crippen LogP contribution in [-0.2, 0) is 20.2 Å². The van der Waals surface area contributed by atoms with Gasteiger partial charge in [-0.1, -0.05) is 42.5 Å². The molecule has 0 aliphatic carbocycles. The summed E-state index contributed by atoms with van der Waals surface area (Å²) in [5, 5.41) is 5.24. The minimum Gasteiger partial charge on any atom is -0.379 e. The maximum Gasteiger partial charge on any atom is 0.339 e. The fourth-order valence-corrected chi connectivity index (χ4v) is 6.97. The van der Waals surface area contributed by atoms with Crippen molar-refractivity contribution in [2.75, 3.05) is 10.6 Å². The summed E-state index contributed by atoms with van der Waals surface area (Å²) in [5.74, 6) is 0.121. The normalized spacial score (nSPS) is 11.5. The predicted molar refractivity (Wildman–Crippen MR) is 153 cm³/mol. The van der Waals surface area contributed by atoms with Crippen LogP contribution in [0.1, 0.15) is 22.3 Å². The minimum atomic E-state index is -4.09. The molecule has 0 radical (unpaired) electrons. The molecule has 0 fully saturated rings. The molecule has 0 bridgehead atoms. The number of rotatable bonds is 8. The van der Waals surface area contributed by atoms with Gasteiger partial charge in [0.05, 0.1) is 0 Å². The standard InChI is InChI=1S/C29H28N2O7S2/c1-19-8-5-9-20(2)27(19)39(33,34)37-25-16-14-23(15-17-25)30-29(32)31-24-12-7-13-26(18-24)38-40(35,36)28-21(3)10-6-11-22(28)4/h5-18H,1-4H3,(H2,30,31,32). The topological polar surface area (TPSA) is 128 Å². The van der Waals surface area contributed by atoms with Crippen LogP contribution in [0.3, 0.4) is 0 Å². The average Bonchev–Trinajstić information content (AvgIpc) is 2.84. The summed E-state index contributed by atoms with van der Waals surface area (Å²) in [5.41, 5.74) is 2.95. The van der Waals surface area contributed by atoms with Gasteiger partial charge in [0, 0.05) is 17.4 Å². The Hall–Kier alpha value is -4.35. The van der Waals surface area contributed by atoms with Gasteiger partial charge in [0.1, 0.15) is 21.3 Å². The molecule has 0 aromatic heterocycles. The molecule has 40 heavy (non-hydrogen) atoms. The Balaban J connectivity index is 1.40. The Morgan fingerprint density at radius 2 is 0.975 bits per heavy atom. The van der Waals surface area contributed by atoms with E-state index in [1.807, 2.05) is 0 Å². The number of benzene rings is 4. The number of carbonyl (C=O) groups is 1. The highest BCUT2D eigenvalue weighted by Crippen LogP contribution is 2.27. The first-order valence-electron chi connectivity index (χ1n) is 12.2. The Morgan fingerprint density at radius 1 is 0.550 bits per heavy atom. The zero-order valence-electron chi connectivity index (χ0n) is 22.3. The number of aryl methyl sites for hydroxylation is 4. The Morgan fingerprint density at radius 3 is 1.48 bits per heavy atom. The number of urea groups is 1. The van der Waals surface area contributed by atoms with Crippen molar-refractivity contribution in [1.82, 2.24) is 0 Å². The van der Waals surface area contributed by atoms with Crippen LogP contribution < -0.4 is 19.0 Å². The van der Waals surface area contributed by atoms with Crippen molar-refractivity contribution >= 4 is 37.6 Å². The summed E-state index contributed by atoms with van der Waals surface area (Å²) in [6.07, 6.45) is 0. The molecule has 4 rings (SSSR count). The molecule has 0 atom stereocenters. The smallest absolute Gasteiger partial charge is 0.339 e. The Bertz CT molecular complexity index is 1740. The van der Waals surface area contributed by atoms with Crippen LogP contribution in [0, 0.1) is 27.7 Å². The molecule has 0 aliphatic rings. The van der Waals surface area contributed by atoms with E-state index in [1.165, 1.54) is 36.4 Å². The lowest BCUT2D eigenvalue weighted by molar-refractivity contribution is 0.262. The molecule has 0 spiro atoms. The quantitative estimate of drug-likeness (QED) is 0.241. The van der Waals surface area contributed by atoms with Gasteiger partial charge < -0.3 is 19.0 Å². The van der Waals surface area contributed by atoms with Crippen molar-refractivity contribution in [2.24, 2.45) is 0 Å². The highest BCUT2D eigenvalue weighted by atomic mass is 32.2. The van der Waals surface area contributed by atoms with Gasteiger partial charge >= 0.3 is 26.3 Å². The maximum atomic E-state index is 12.9. The SMILES string of the molecule is Cc1cccc(C)c1S(=O)(=O)Oc1ccc(NC(=O)Nc2cccc(OS(=O)(=O)c3c(C)cccc3C)c2)cc1. The monoisotopic (exact) mass is 580 g/mol. The van der Waals surface area contributed by atoms with Gasteiger partial charge in [0.15, 0.2) is 0 Å². The molecule has 0 saturated heterocycles. The van der Waals surface area contributed by atoms with Crippen LogP contribution in [0.2, 0.25) is 0 Å². The van der Waals surface area contributed by atoms with Gasteiger partial charge in [0.2, 0.25) is 0 Å². The lowest BCUT2D eigenvalue weighted by Gasteiger charge is -2.13. The molecule has 11 heteroatoms. The first kappa shape index (κ1) is 28.7. The van der Waals surface area contributed by atoms with E-state index in [1.54, 1.807) is 76.2 Å². The van der Waals surface area contributed by atoms with Gasteiger partial charge in [-0.15, -0.1) is 0 Å². The molecular formula is C29H28N2O7S2. The zero-order chi connectivity index (χ0) is 29.1. The molecule has 9 nitrogen and oxygen atoms in total. The molecule has 4 aromatic rings. The van der Waals surface area contributed by atoms with E-state index in [0.29, 0.717) is 33.6 Å². The second-order valence-corrected chi connectivity index (χ2v) is 12.1. The van der Waals surface area contributed by atoms with E-state index in [4.69, 9.17) is 8.37 Å². The Labute approximate surface area is 234 Å². The van der Waals surface area contributed by atoms with Crippen molar-refractivity contribution in [3.63, 3.8) is 0 Å². The van der Waals surface area contributed by atoms with Crippen LogP contribution >= 0.6 is 0 Å². The van der Waals surface area contributed by atoms with E-state index < -0.39 is 26.3 Å². The summed E-state index contributed by atoms with van der Waals surface area (Å²) in [6, 6.07) is 21.5. The number of hydrogen-bond donors (Lipinski definition) is 2. The van der Waals surface area contributed by atoms with Crippen LogP contribution in [-0.4, -0.2) is 22.9 Å². The second-order valence-electron chi connectivity index (χ2n) is 9.15. The first-order chi connectivity index (χ1) is 18.9. The third kappa shape index (κ3) is 6.61. The van der Waals surface area contributed by atoms with E-state index in [9.17, 15) is 21.6 Å². The molecular weight excluding hydrogens is 552 g/mol. The van der Waals surface area contributed by atoms with Crippen molar-refractivity contribution in [3.8, 4) is 11.5 Å². The van der Waals surface area contributed by atoms with E-state index >= 15 is 0 Å². The summed E-state index contributed by atoms with van der Waals surface area (Å²) in [7, 11) is -8.14.